The van der Waals surface area contributed by atoms with Gasteiger partial charge in [0.1, 0.15) is 0 Å². The van der Waals surface area contributed by atoms with Gasteiger partial charge in [0.15, 0.2) is 5.69 Å². The van der Waals surface area contributed by atoms with Crippen molar-refractivity contribution in [2.45, 2.75) is 6.42 Å². The van der Waals surface area contributed by atoms with Gasteiger partial charge in [0.2, 0.25) is 5.95 Å². The van der Waals surface area contributed by atoms with E-state index in [0.29, 0.717) is 41.3 Å². The van der Waals surface area contributed by atoms with E-state index in [1.54, 1.807) is 30.3 Å². The lowest BCUT2D eigenvalue weighted by atomic mass is 10.0. The Morgan fingerprint density at radius 2 is 2.32 bits per heavy atom. The average molecular weight is 340 g/mol. The fraction of sp³-hybridized carbons (Fsp3) is 0.278. The van der Waals surface area contributed by atoms with E-state index in [-0.39, 0.29) is 5.91 Å². The van der Waals surface area contributed by atoms with Gasteiger partial charge in [0, 0.05) is 36.2 Å². The van der Waals surface area contributed by atoms with E-state index in [0.717, 1.165) is 18.5 Å². The van der Waals surface area contributed by atoms with E-state index in [4.69, 9.17) is 4.74 Å². The Morgan fingerprint density at radius 1 is 1.40 bits per heavy atom. The number of nitrogens with one attached hydrogen (secondary N) is 2. The fourth-order valence-electron chi connectivity index (χ4n) is 3.02. The SMILES string of the molecule is O=C(NCC1CCOC1)c1n[nH]c2ccc(-c3cccnc3F)cc12. The van der Waals surface area contributed by atoms with Crippen molar-refractivity contribution >= 4 is 16.8 Å². The first-order chi connectivity index (χ1) is 12.2. The summed E-state index contributed by atoms with van der Waals surface area (Å²) >= 11 is 0. The second-order valence-electron chi connectivity index (χ2n) is 6.11. The second-order valence-corrected chi connectivity index (χ2v) is 6.11. The first-order valence-electron chi connectivity index (χ1n) is 8.17. The highest BCUT2D eigenvalue weighted by Gasteiger charge is 2.19. The van der Waals surface area contributed by atoms with Crippen LogP contribution in [-0.2, 0) is 4.74 Å². The number of hydrogen-bond donors (Lipinski definition) is 2. The molecule has 2 aromatic heterocycles. The molecule has 0 bridgehead atoms. The number of carbonyl (C=O) groups is 1. The molecule has 1 fully saturated rings. The van der Waals surface area contributed by atoms with Gasteiger partial charge in [0.25, 0.3) is 5.91 Å². The van der Waals surface area contributed by atoms with Crippen molar-refractivity contribution in [3.63, 3.8) is 0 Å². The molecule has 6 nitrogen and oxygen atoms in total. The van der Waals surface area contributed by atoms with Crippen molar-refractivity contribution in [3.8, 4) is 11.1 Å². The van der Waals surface area contributed by atoms with Crippen LogP contribution in [0.15, 0.2) is 36.5 Å². The van der Waals surface area contributed by atoms with Crippen LogP contribution in [-0.4, -0.2) is 40.8 Å². The molecule has 3 aromatic rings. The molecule has 1 atom stereocenters. The van der Waals surface area contributed by atoms with E-state index < -0.39 is 5.95 Å². The third-order valence-electron chi connectivity index (χ3n) is 4.42. The number of ether oxygens (including phenoxy) is 1. The van der Waals surface area contributed by atoms with Crippen LogP contribution in [0.5, 0.6) is 0 Å². The maximum Gasteiger partial charge on any atom is 0.272 e. The lowest BCUT2D eigenvalue weighted by Crippen LogP contribution is -2.29. The number of H-pyrrole nitrogens is 1. The van der Waals surface area contributed by atoms with Crippen LogP contribution in [0.2, 0.25) is 0 Å². The van der Waals surface area contributed by atoms with Crippen molar-refractivity contribution in [1.82, 2.24) is 20.5 Å². The first kappa shape index (κ1) is 15.7. The van der Waals surface area contributed by atoms with E-state index in [1.807, 2.05) is 0 Å². The summed E-state index contributed by atoms with van der Waals surface area (Å²) in [6, 6.07) is 8.65. The predicted octanol–water partition coefficient (Wildman–Crippen LogP) is 2.53. The number of amides is 1. The number of hydrogen-bond acceptors (Lipinski definition) is 4. The summed E-state index contributed by atoms with van der Waals surface area (Å²) in [5.41, 5.74) is 2.07. The largest absolute Gasteiger partial charge is 0.381 e. The Morgan fingerprint density at radius 3 is 3.12 bits per heavy atom. The standard InChI is InChI=1S/C18H17FN4O2/c19-17-13(2-1-6-20-17)12-3-4-15-14(8-12)16(23-22-15)18(24)21-9-11-5-7-25-10-11/h1-4,6,8,11H,5,7,9-10H2,(H,21,24)(H,22,23). The van der Waals surface area contributed by atoms with Gasteiger partial charge in [0.05, 0.1) is 12.1 Å². The minimum Gasteiger partial charge on any atom is -0.381 e. The molecular formula is C18H17FN4O2. The quantitative estimate of drug-likeness (QED) is 0.715. The zero-order chi connectivity index (χ0) is 17.2. The highest BCUT2D eigenvalue weighted by Crippen LogP contribution is 2.26. The van der Waals surface area contributed by atoms with Gasteiger partial charge in [-0.05, 0) is 36.2 Å². The second kappa shape index (κ2) is 6.60. The summed E-state index contributed by atoms with van der Waals surface area (Å²) in [7, 11) is 0. The molecule has 25 heavy (non-hydrogen) atoms. The molecule has 0 aliphatic carbocycles. The minimum atomic E-state index is -0.544. The molecule has 0 saturated carbocycles. The highest BCUT2D eigenvalue weighted by molar-refractivity contribution is 6.05. The van der Waals surface area contributed by atoms with Crippen LogP contribution < -0.4 is 5.32 Å². The zero-order valence-corrected chi connectivity index (χ0v) is 13.5. The minimum absolute atomic E-state index is 0.248. The van der Waals surface area contributed by atoms with Crippen LogP contribution in [0.25, 0.3) is 22.0 Å². The Hall–Kier alpha value is -2.80. The van der Waals surface area contributed by atoms with Crippen LogP contribution in [0.4, 0.5) is 4.39 Å². The third-order valence-corrected chi connectivity index (χ3v) is 4.42. The zero-order valence-electron chi connectivity index (χ0n) is 13.5. The van der Waals surface area contributed by atoms with Crippen molar-refractivity contribution in [3.05, 3.63) is 48.2 Å². The Balaban J connectivity index is 1.62. The molecule has 128 valence electrons. The average Bonchev–Trinajstić information content (AvgIpc) is 3.29. The lowest BCUT2D eigenvalue weighted by molar-refractivity contribution is 0.0941. The van der Waals surface area contributed by atoms with Crippen molar-refractivity contribution in [1.29, 1.82) is 0 Å². The number of fused-ring (bicyclic) bond motifs is 1. The highest BCUT2D eigenvalue weighted by atomic mass is 19.1. The number of rotatable bonds is 4. The van der Waals surface area contributed by atoms with Gasteiger partial charge in [-0.15, -0.1) is 0 Å². The van der Waals surface area contributed by atoms with Gasteiger partial charge < -0.3 is 10.1 Å². The molecule has 2 N–H and O–H groups in total. The topological polar surface area (TPSA) is 79.9 Å². The summed E-state index contributed by atoms with van der Waals surface area (Å²) in [5, 5.41) is 10.5. The van der Waals surface area contributed by atoms with Gasteiger partial charge >= 0.3 is 0 Å². The summed E-state index contributed by atoms with van der Waals surface area (Å²) in [6.07, 6.45) is 2.35. The molecular weight excluding hydrogens is 323 g/mol. The Bertz CT molecular complexity index is 918. The molecule has 1 amide bonds. The molecule has 1 aliphatic rings. The number of aromatic nitrogens is 3. The molecule has 1 aliphatic heterocycles. The number of pyridine rings is 1. The van der Waals surface area contributed by atoms with E-state index in [1.165, 1.54) is 6.20 Å². The van der Waals surface area contributed by atoms with Crippen molar-refractivity contribution in [2.24, 2.45) is 5.92 Å². The van der Waals surface area contributed by atoms with E-state index >= 15 is 0 Å². The maximum atomic E-state index is 13.9. The van der Waals surface area contributed by atoms with Gasteiger partial charge in [-0.25, -0.2) is 4.98 Å². The molecule has 0 radical (unpaired) electrons. The van der Waals surface area contributed by atoms with Gasteiger partial charge in [-0.1, -0.05) is 6.07 Å². The van der Waals surface area contributed by atoms with Crippen LogP contribution >= 0.6 is 0 Å². The smallest absolute Gasteiger partial charge is 0.272 e. The summed E-state index contributed by atoms with van der Waals surface area (Å²) in [6.45, 7) is 1.97. The number of benzene rings is 1. The van der Waals surface area contributed by atoms with Crippen molar-refractivity contribution in [2.75, 3.05) is 19.8 Å². The molecule has 1 aromatic carbocycles. The molecule has 7 heteroatoms. The van der Waals surface area contributed by atoms with Crippen molar-refractivity contribution < 1.29 is 13.9 Å². The Kier molecular flexibility index (Phi) is 4.15. The number of aromatic amines is 1. The fourth-order valence-corrected chi connectivity index (χ4v) is 3.02. The van der Waals surface area contributed by atoms with Crippen LogP contribution in [0.1, 0.15) is 16.9 Å². The summed E-state index contributed by atoms with van der Waals surface area (Å²) in [4.78, 5) is 16.1. The molecule has 3 heterocycles. The number of nitrogens with zero attached hydrogens (tertiary/aromatic N) is 2. The van der Waals surface area contributed by atoms with Crippen LogP contribution in [0, 0.1) is 11.9 Å². The maximum absolute atomic E-state index is 13.9. The monoisotopic (exact) mass is 340 g/mol. The predicted molar refractivity (Wildman–Crippen MR) is 90.5 cm³/mol. The van der Waals surface area contributed by atoms with E-state index in [9.17, 15) is 9.18 Å². The number of carbonyl (C=O) groups excluding carboxylic acids is 1. The molecule has 4 rings (SSSR count). The molecule has 1 saturated heterocycles. The summed E-state index contributed by atoms with van der Waals surface area (Å²) in [5.74, 6) is -0.450. The van der Waals surface area contributed by atoms with Gasteiger partial charge in [-0.3, -0.25) is 9.89 Å². The van der Waals surface area contributed by atoms with Crippen LogP contribution in [0.3, 0.4) is 0 Å². The number of halogens is 1. The van der Waals surface area contributed by atoms with E-state index in [2.05, 4.69) is 20.5 Å². The summed E-state index contributed by atoms with van der Waals surface area (Å²) < 4.78 is 19.2. The first-order valence-corrected chi connectivity index (χ1v) is 8.17. The molecule has 1 unspecified atom stereocenters. The molecule has 0 spiro atoms. The van der Waals surface area contributed by atoms with Gasteiger partial charge in [-0.2, -0.15) is 9.49 Å². The Labute approximate surface area is 143 Å². The third kappa shape index (κ3) is 3.10. The normalized spacial score (nSPS) is 17.1. The lowest BCUT2D eigenvalue weighted by Gasteiger charge is -2.08.